The summed E-state index contributed by atoms with van der Waals surface area (Å²) in [7, 11) is -2.12. The predicted molar refractivity (Wildman–Crippen MR) is 125 cm³/mol. The highest BCUT2D eigenvalue weighted by Crippen LogP contribution is 2.30. The van der Waals surface area contributed by atoms with Crippen LogP contribution in [-0.4, -0.2) is 27.6 Å². The molecule has 3 heterocycles. The average Bonchev–Trinajstić information content (AvgIpc) is 3.41. The summed E-state index contributed by atoms with van der Waals surface area (Å²) in [5, 5.41) is 4.61. The summed E-state index contributed by atoms with van der Waals surface area (Å²) in [4.78, 5) is 4.42. The minimum absolute atomic E-state index is 0.0158. The van der Waals surface area contributed by atoms with E-state index in [1.807, 2.05) is 36.1 Å². The van der Waals surface area contributed by atoms with Crippen molar-refractivity contribution >= 4 is 32.8 Å². The van der Waals surface area contributed by atoms with Crippen LogP contribution in [0.4, 0.5) is 10.1 Å². The summed E-state index contributed by atoms with van der Waals surface area (Å²) in [5.41, 5.74) is 3.61. The van der Waals surface area contributed by atoms with Crippen LogP contribution in [-0.2, 0) is 17.1 Å². The molecule has 1 N–H and O–H groups in total. The number of sulfonamides is 1. The number of aromatic nitrogens is 4. The molecule has 0 radical (unpaired) electrons. The van der Waals surface area contributed by atoms with Crippen LogP contribution >= 0.6 is 11.6 Å². The lowest BCUT2D eigenvalue weighted by atomic mass is 10.1. The Bertz CT molecular complexity index is 1590. The number of benzene rings is 2. The van der Waals surface area contributed by atoms with Gasteiger partial charge in [-0.3, -0.25) is 14.4 Å². The van der Waals surface area contributed by atoms with Gasteiger partial charge >= 0.3 is 0 Å². The molecule has 0 unspecified atom stereocenters. The van der Waals surface area contributed by atoms with Gasteiger partial charge in [0, 0.05) is 53.5 Å². The van der Waals surface area contributed by atoms with Crippen LogP contribution in [0.5, 0.6) is 0 Å². The molecule has 5 aromatic rings. The Hall–Kier alpha value is -3.69. The first-order chi connectivity index (χ1) is 15.8. The normalized spacial score (nSPS) is 11.7. The number of hydrogen-bond acceptors (Lipinski definition) is 4. The Morgan fingerprint density at radius 3 is 2.48 bits per heavy atom. The molecule has 0 aliphatic heterocycles. The van der Waals surface area contributed by atoms with Crippen molar-refractivity contribution in [2.24, 2.45) is 7.05 Å². The zero-order valence-corrected chi connectivity index (χ0v) is 18.8. The van der Waals surface area contributed by atoms with Crippen LogP contribution < -0.4 is 4.72 Å². The van der Waals surface area contributed by atoms with Crippen molar-refractivity contribution in [3.63, 3.8) is 0 Å². The molecular formula is C23H17ClFN5O2S. The first kappa shape index (κ1) is 21.2. The van der Waals surface area contributed by atoms with Gasteiger partial charge in [0.05, 0.1) is 28.0 Å². The van der Waals surface area contributed by atoms with E-state index in [4.69, 9.17) is 11.6 Å². The molecule has 0 fully saturated rings. The molecular weight excluding hydrogens is 465 g/mol. The number of nitrogens with one attached hydrogen (secondary N) is 1. The average molecular weight is 482 g/mol. The minimum Gasteiger partial charge on any atom is -0.320 e. The van der Waals surface area contributed by atoms with E-state index in [1.54, 1.807) is 23.1 Å². The summed E-state index contributed by atoms with van der Waals surface area (Å²) in [6, 6.07) is 11.9. The molecule has 5 rings (SSSR count). The van der Waals surface area contributed by atoms with Crippen LogP contribution in [0.15, 0.2) is 84.4 Å². The van der Waals surface area contributed by atoms with E-state index in [0.29, 0.717) is 16.3 Å². The summed E-state index contributed by atoms with van der Waals surface area (Å²) in [6.45, 7) is 0. The molecule has 2 aromatic carbocycles. The molecule has 0 spiro atoms. The number of rotatable bonds is 5. The smallest absolute Gasteiger partial charge is 0.261 e. The molecule has 0 atom stereocenters. The van der Waals surface area contributed by atoms with Gasteiger partial charge in [-0.1, -0.05) is 17.7 Å². The highest BCUT2D eigenvalue weighted by atomic mass is 35.5. The molecule has 0 saturated carbocycles. The van der Waals surface area contributed by atoms with E-state index in [-0.39, 0.29) is 10.6 Å². The van der Waals surface area contributed by atoms with Crippen LogP contribution in [0.2, 0.25) is 5.02 Å². The van der Waals surface area contributed by atoms with Gasteiger partial charge in [0.15, 0.2) is 0 Å². The number of aryl methyl sites for hydroxylation is 1. The van der Waals surface area contributed by atoms with Crippen molar-refractivity contribution in [3.8, 4) is 22.4 Å². The zero-order chi connectivity index (χ0) is 23.2. The van der Waals surface area contributed by atoms with Crippen molar-refractivity contribution in [2.45, 2.75) is 4.90 Å². The van der Waals surface area contributed by atoms with Crippen molar-refractivity contribution in [1.82, 2.24) is 19.2 Å². The van der Waals surface area contributed by atoms with E-state index in [9.17, 15) is 12.8 Å². The largest absolute Gasteiger partial charge is 0.320 e. The molecule has 33 heavy (non-hydrogen) atoms. The van der Waals surface area contributed by atoms with Gasteiger partial charge in [0.1, 0.15) is 5.82 Å². The Labute approximate surface area is 194 Å². The number of nitrogens with zero attached hydrogens (tertiary/aromatic N) is 4. The second-order valence-corrected chi connectivity index (χ2v) is 9.57. The van der Waals surface area contributed by atoms with Crippen molar-refractivity contribution < 1.29 is 12.8 Å². The number of fused-ring (bicyclic) bond motifs is 1. The van der Waals surface area contributed by atoms with Crippen molar-refractivity contribution in [2.75, 3.05) is 4.72 Å². The molecule has 10 heteroatoms. The Morgan fingerprint density at radius 2 is 1.79 bits per heavy atom. The lowest BCUT2D eigenvalue weighted by Crippen LogP contribution is -2.13. The second kappa shape index (κ2) is 8.02. The molecule has 0 saturated heterocycles. The molecule has 0 bridgehead atoms. The minimum atomic E-state index is -3.97. The Morgan fingerprint density at radius 1 is 1.00 bits per heavy atom. The molecule has 0 aliphatic rings. The maximum absolute atomic E-state index is 14.9. The van der Waals surface area contributed by atoms with Crippen LogP contribution in [0.3, 0.4) is 0 Å². The van der Waals surface area contributed by atoms with Crippen LogP contribution in [0.25, 0.3) is 27.9 Å². The number of halogens is 2. The Balaban J connectivity index is 1.49. The third-order valence-electron chi connectivity index (χ3n) is 5.17. The Kier molecular flexibility index (Phi) is 5.15. The van der Waals surface area contributed by atoms with Gasteiger partial charge in [0.25, 0.3) is 10.0 Å². The van der Waals surface area contributed by atoms with Gasteiger partial charge < -0.3 is 4.40 Å². The first-order valence-corrected chi connectivity index (χ1v) is 11.7. The fourth-order valence-electron chi connectivity index (χ4n) is 3.55. The third-order valence-corrected chi connectivity index (χ3v) is 6.80. The monoisotopic (exact) mass is 481 g/mol. The van der Waals surface area contributed by atoms with E-state index in [1.165, 1.54) is 36.4 Å². The lowest BCUT2D eigenvalue weighted by Gasteiger charge is -2.11. The summed E-state index contributed by atoms with van der Waals surface area (Å²) >= 11 is 5.81. The SMILES string of the molecule is Cn1cc(-c2cc3c(-c4ccc(NS(=O)(=O)c5ccc(Cl)cc5)c(F)c4)nccn3c2)cn1. The number of anilines is 1. The zero-order valence-electron chi connectivity index (χ0n) is 17.3. The summed E-state index contributed by atoms with van der Waals surface area (Å²) < 4.78 is 46.0. The van der Waals surface area contributed by atoms with E-state index in [2.05, 4.69) is 14.8 Å². The summed E-state index contributed by atoms with van der Waals surface area (Å²) in [5.74, 6) is -0.715. The number of hydrogen-bond donors (Lipinski definition) is 1. The highest BCUT2D eigenvalue weighted by molar-refractivity contribution is 7.92. The molecule has 0 amide bonds. The van der Waals surface area contributed by atoms with Gasteiger partial charge in [0.2, 0.25) is 0 Å². The van der Waals surface area contributed by atoms with Gasteiger partial charge in [-0.05, 0) is 42.5 Å². The third kappa shape index (κ3) is 4.08. The van der Waals surface area contributed by atoms with Crippen LogP contribution in [0.1, 0.15) is 0 Å². The van der Waals surface area contributed by atoms with E-state index >= 15 is 0 Å². The quantitative estimate of drug-likeness (QED) is 0.383. The van der Waals surface area contributed by atoms with Gasteiger partial charge in [-0.2, -0.15) is 5.10 Å². The lowest BCUT2D eigenvalue weighted by molar-refractivity contribution is 0.598. The second-order valence-electron chi connectivity index (χ2n) is 7.45. The fourth-order valence-corrected chi connectivity index (χ4v) is 4.74. The van der Waals surface area contributed by atoms with E-state index < -0.39 is 15.8 Å². The maximum Gasteiger partial charge on any atom is 0.261 e. The fraction of sp³-hybridized carbons (Fsp3) is 0.0435. The first-order valence-electron chi connectivity index (χ1n) is 9.84. The van der Waals surface area contributed by atoms with Crippen molar-refractivity contribution in [3.05, 3.63) is 90.4 Å². The van der Waals surface area contributed by atoms with Gasteiger partial charge in [-0.25, -0.2) is 12.8 Å². The van der Waals surface area contributed by atoms with E-state index in [0.717, 1.165) is 16.6 Å². The molecule has 166 valence electrons. The molecule has 3 aromatic heterocycles. The van der Waals surface area contributed by atoms with Gasteiger partial charge in [-0.15, -0.1) is 0 Å². The topological polar surface area (TPSA) is 81.3 Å². The van der Waals surface area contributed by atoms with Crippen LogP contribution in [0, 0.1) is 5.82 Å². The summed E-state index contributed by atoms with van der Waals surface area (Å²) in [6.07, 6.45) is 9.06. The predicted octanol–water partition coefficient (Wildman–Crippen LogP) is 5.00. The standard InChI is InChI=1S/C23H17ClFN5O2S/c1-29-13-17(12-27-29)16-11-22-23(26-8-9-30(22)14-16)15-2-7-21(20(25)10-15)28-33(31,32)19-5-3-18(24)4-6-19/h2-14,28H,1H3. The molecule has 7 nitrogen and oxygen atoms in total. The molecule has 0 aliphatic carbocycles. The maximum atomic E-state index is 14.9. The highest BCUT2D eigenvalue weighted by Gasteiger charge is 2.18. The van der Waals surface area contributed by atoms with Crippen molar-refractivity contribution in [1.29, 1.82) is 0 Å².